The summed E-state index contributed by atoms with van der Waals surface area (Å²) < 4.78 is 0. The molecule has 0 saturated heterocycles. The molecule has 18 heavy (non-hydrogen) atoms. The number of rotatable bonds is 7. The molecule has 100 valence electrons. The van der Waals surface area contributed by atoms with Gasteiger partial charge >= 0.3 is 0 Å². The lowest BCUT2D eigenvalue weighted by molar-refractivity contribution is 0.0953. The number of nitrogens with one attached hydrogen (secondary N) is 2. The quantitative estimate of drug-likeness (QED) is 0.714. The Balaban J connectivity index is 2.36. The van der Waals surface area contributed by atoms with E-state index in [1.54, 1.807) is 25.5 Å². The zero-order valence-electron chi connectivity index (χ0n) is 11.4. The maximum Gasteiger partial charge on any atom is 0.254 e. The van der Waals surface area contributed by atoms with Crippen molar-refractivity contribution in [3.05, 3.63) is 24.0 Å². The Morgan fingerprint density at radius 3 is 2.83 bits per heavy atom. The Kier molecular flexibility index (Phi) is 6.14. The first kappa shape index (κ1) is 14.4. The van der Waals surface area contributed by atoms with Crippen molar-refractivity contribution in [1.82, 2.24) is 15.2 Å². The van der Waals surface area contributed by atoms with Crippen LogP contribution in [0.2, 0.25) is 0 Å². The molecule has 2 N–H and O–H groups in total. The van der Waals surface area contributed by atoms with E-state index in [-0.39, 0.29) is 5.91 Å². The van der Waals surface area contributed by atoms with Crippen molar-refractivity contribution in [1.29, 1.82) is 0 Å². The fourth-order valence-corrected chi connectivity index (χ4v) is 1.64. The third-order valence-electron chi connectivity index (χ3n) is 2.65. The average Bonchev–Trinajstić information content (AvgIpc) is 2.37. The van der Waals surface area contributed by atoms with Crippen LogP contribution >= 0.6 is 0 Å². The minimum atomic E-state index is -0.0719. The fraction of sp³-hybridized carbons (Fsp3) is 0.538. The normalized spacial score (nSPS) is 10.4. The predicted molar refractivity (Wildman–Crippen MR) is 73.9 cm³/mol. The molecule has 1 amide bonds. The molecule has 0 aliphatic heterocycles. The number of aromatic nitrogens is 1. The highest BCUT2D eigenvalue weighted by Gasteiger charge is 2.09. The van der Waals surface area contributed by atoms with Crippen LogP contribution in [0.15, 0.2) is 18.5 Å². The van der Waals surface area contributed by atoms with Crippen LogP contribution in [0.25, 0.3) is 0 Å². The van der Waals surface area contributed by atoms with Crippen LogP contribution in [0.5, 0.6) is 0 Å². The number of nitrogens with zero attached hydrogens (tertiary/aromatic N) is 2. The van der Waals surface area contributed by atoms with Gasteiger partial charge in [-0.05, 0) is 39.5 Å². The molecule has 1 rings (SSSR count). The number of carbonyl (C=O) groups is 1. The molecule has 1 aromatic heterocycles. The molecule has 0 unspecified atom stereocenters. The molecule has 1 aromatic rings. The monoisotopic (exact) mass is 250 g/mol. The minimum absolute atomic E-state index is 0.0719. The van der Waals surface area contributed by atoms with E-state index in [1.165, 1.54) is 0 Å². The number of unbranched alkanes of at least 4 members (excludes halogenated alkanes) is 1. The Hall–Kier alpha value is -1.62. The van der Waals surface area contributed by atoms with Crippen LogP contribution in [0.1, 0.15) is 23.2 Å². The van der Waals surface area contributed by atoms with Gasteiger partial charge in [-0.2, -0.15) is 0 Å². The molecule has 0 saturated carbocycles. The Morgan fingerprint density at radius 1 is 1.39 bits per heavy atom. The summed E-state index contributed by atoms with van der Waals surface area (Å²) in [5, 5.41) is 5.90. The first-order valence-electron chi connectivity index (χ1n) is 6.20. The smallest absolute Gasteiger partial charge is 0.254 e. The van der Waals surface area contributed by atoms with Crippen LogP contribution in [0.4, 0.5) is 5.69 Å². The fourth-order valence-electron chi connectivity index (χ4n) is 1.64. The summed E-state index contributed by atoms with van der Waals surface area (Å²) in [6, 6.07) is 1.79. The van der Waals surface area contributed by atoms with Gasteiger partial charge in [0.15, 0.2) is 0 Å². The number of carbonyl (C=O) groups excluding carboxylic acids is 1. The maximum atomic E-state index is 11.9. The van der Waals surface area contributed by atoms with E-state index >= 15 is 0 Å². The van der Waals surface area contributed by atoms with Gasteiger partial charge in [0.25, 0.3) is 5.91 Å². The highest BCUT2D eigenvalue weighted by Crippen LogP contribution is 2.11. The van der Waals surface area contributed by atoms with Crippen molar-refractivity contribution in [2.24, 2.45) is 0 Å². The van der Waals surface area contributed by atoms with E-state index in [1.807, 2.05) is 14.1 Å². The molecule has 0 aliphatic carbocycles. The number of hydrogen-bond acceptors (Lipinski definition) is 4. The molecule has 0 radical (unpaired) electrons. The lowest BCUT2D eigenvalue weighted by Crippen LogP contribution is -2.26. The average molecular weight is 250 g/mol. The van der Waals surface area contributed by atoms with Crippen LogP contribution in [-0.2, 0) is 0 Å². The lowest BCUT2D eigenvalue weighted by Gasteiger charge is -2.10. The largest absolute Gasteiger partial charge is 0.387 e. The third kappa shape index (κ3) is 4.71. The van der Waals surface area contributed by atoms with Crippen molar-refractivity contribution < 1.29 is 4.79 Å². The van der Waals surface area contributed by atoms with E-state index in [9.17, 15) is 4.79 Å². The van der Waals surface area contributed by atoms with Crippen molar-refractivity contribution in [3.8, 4) is 0 Å². The number of amides is 1. The van der Waals surface area contributed by atoms with Gasteiger partial charge in [-0.15, -0.1) is 0 Å². The van der Waals surface area contributed by atoms with Crippen LogP contribution < -0.4 is 10.6 Å². The molecule has 1 heterocycles. The number of anilines is 1. The number of pyridine rings is 1. The molecule has 5 heteroatoms. The molecule has 0 spiro atoms. The van der Waals surface area contributed by atoms with Crippen molar-refractivity contribution >= 4 is 11.6 Å². The van der Waals surface area contributed by atoms with Crippen LogP contribution in [-0.4, -0.2) is 50.0 Å². The topological polar surface area (TPSA) is 57.3 Å². The molecular weight excluding hydrogens is 228 g/mol. The maximum absolute atomic E-state index is 11.9. The summed E-state index contributed by atoms with van der Waals surface area (Å²) >= 11 is 0. The second-order valence-corrected chi connectivity index (χ2v) is 4.44. The van der Waals surface area contributed by atoms with Gasteiger partial charge in [0.2, 0.25) is 0 Å². The zero-order valence-corrected chi connectivity index (χ0v) is 11.4. The van der Waals surface area contributed by atoms with E-state index < -0.39 is 0 Å². The van der Waals surface area contributed by atoms with E-state index in [0.717, 1.165) is 25.1 Å². The van der Waals surface area contributed by atoms with Crippen molar-refractivity contribution in [2.45, 2.75) is 12.8 Å². The molecule has 5 nitrogen and oxygen atoms in total. The first-order chi connectivity index (χ1) is 8.65. The summed E-state index contributed by atoms with van der Waals surface area (Å²) in [6.45, 7) is 1.75. The van der Waals surface area contributed by atoms with E-state index in [0.29, 0.717) is 12.1 Å². The molecule has 0 bridgehead atoms. The summed E-state index contributed by atoms with van der Waals surface area (Å²) in [6.07, 6.45) is 5.32. The summed E-state index contributed by atoms with van der Waals surface area (Å²) in [4.78, 5) is 18.0. The Labute approximate surface area is 109 Å². The van der Waals surface area contributed by atoms with Crippen LogP contribution in [0, 0.1) is 0 Å². The van der Waals surface area contributed by atoms with Gasteiger partial charge in [-0.1, -0.05) is 0 Å². The lowest BCUT2D eigenvalue weighted by atomic mass is 10.2. The van der Waals surface area contributed by atoms with Gasteiger partial charge in [-0.25, -0.2) is 0 Å². The van der Waals surface area contributed by atoms with Gasteiger partial charge in [-0.3, -0.25) is 9.78 Å². The highest BCUT2D eigenvalue weighted by molar-refractivity contribution is 5.99. The summed E-state index contributed by atoms with van der Waals surface area (Å²) in [7, 11) is 5.89. The zero-order chi connectivity index (χ0) is 13.4. The second-order valence-electron chi connectivity index (χ2n) is 4.44. The Bertz CT molecular complexity index is 379. The number of hydrogen-bond donors (Lipinski definition) is 2. The third-order valence-corrected chi connectivity index (χ3v) is 2.65. The van der Waals surface area contributed by atoms with Gasteiger partial charge in [0.1, 0.15) is 0 Å². The van der Waals surface area contributed by atoms with E-state index in [4.69, 9.17) is 0 Å². The predicted octanol–water partition coefficient (Wildman–Crippen LogP) is 1.19. The second kappa shape index (κ2) is 7.66. The highest BCUT2D eigenvalue weighted by atomic mass is 16.1. The van der Waals surface area contributed by atoms with Gasteiger partial charge < -0.3 is 15.5 Å². The molecule has 0 aromatic carbocycles. The van der Waals surface area contributed by atoms with Gasteiger partial charge in [0.05, 0.1) is 5.56 Å². The molecular formula is C13H22N4O. The minimum Gasteiger partial charge on any atom is -0.387 e. The molecule has 0 atom stereocenters. The summed E-state index contributed by atoms with van der Waals surface area (Å²) in [5.74, 6) is -0.0719. The first-order valence-corrected chi connectivity index (χ1v) is 6.20. The molecule has 0 aliphatic rings. The van der Waals surface area contributed by atoms with Crippen molar-refractivity contribution in [3.63, 3.8) is 0 Å². The molecule has 0 fully saturated rings. The van der Waals surface area contributed by atoms with Crippen molar-refractivity contribution in [2.75, 3.05) is 39.5 Å². The Morgan fingerprint density at radius 2 is 2.17 bits per heavy atom. The van der Waals surface area contributed by atoms with E-state index in [2.05, 4.69) is 20.5 Å². The summed E-state index contributed by atoms with van der Waals surface area (Å²) in [5.41, 5.74) is 1.39. The van der Waals surface area contributed by atoms with Gasteiger partial charge in [0, 0.05) is 31.7 Å². The SMILES string of the molecule is CNc1ccncc1C(=O)NCCCCN(C)C. The standard InChI is InChI=1S/C13H22N4O/c1-14-12-6-8-15-10-11(12)13(18)16-7-4-5-9-17(2)3/h6,8,10H,4-5,7,9H2,1-3H3,(H,14,15)(H,16,18). The van der Waals surface area contributed by atoms with Crippen LogP contribution in [0.3, 0.4) is 0 Å².